The molecule has 1 saturated carbocycles. The van der Waals surface area contributed by atoms with Gasteiger partial charge in [0.2, 0.25) is 5.91 Å². The summed E-state index contributed by atoms with van der Waals surface area (Å²) in [6, 6.07) is 4.47. The van der Waals surface area contributed by atoms with Crippen LogP contribution in [0, 0.1) is 11.2 Å². The molecule has 4 nitrogen and oxygen atoms in total. The summed E-state index contributed by atoms with van der Waals surface area (Å²) in [6.07, 6.45) is 0.411. The second-order valence-electron chi connectivity index (χ2n) is 6.70. The summed E-state index contributed by atoms with van der Waals surface area (Å²) in [5.41, 5.74) is 5.18. The minimum absolute atomic E-state index is 0.0492. The van der Waals surface area contributed by atoms with Gasteiger partial charge in [0.15, 0.2) is 0 Å². The van der Waals surface area contributed by atoms with Gasteiger partial charge >= 0.3 is 0 Å². The Morgan fingerprint density at radius 2 is 2.17 bits per heavy atom. The molecule has 23 heavy (non-hydrogen) atoms. The lowest BCUT2D eigenvalue weighted by Crippen LogP contribution is -2.75. The van der Waals surface area contributed by atoms with Crippen LogP contribution in [-0.4, -0.2) is 36.1 Å². The lowest BCUT2D eigenvalue weighted by molar-refractivity contribution is -0.178. The third-order valence-corrected chi connectivity index (χ3v) is 5.37. The van der Waals surface area contributed by atoms with Crippen molar-refractivity contribution in [2.45, 2.75) is 45.4 Å². The SMILES string of the molecule is CCOC1CC(N)(C(=O)N(C)Cc2c(F)cccc2Cl)C1(C)C. The van der Waals surface area contributed by atoms with Crippen LogP contribution in [0.1, 0.15) is 32.8 Å². The van der Waals surface area contributed by atoms with Crippen LogP contribution in [0.15, 0.2) is 18.2 Å². The van der Waals surface area contributed by atoms with Crippen LogP contribution in [0.25, 0.3) is 0 Å². The first kappa shape index (κ1) is 18.2. The van der Waals surface area contributed by atoms with Crippen LogP contribution >= 0.6 is 11.6 Å². The third kappa shape index (κ3) is 2.97. The monoisotopic (exact) mass is 342 g/mol. The van der Waals surface area contributed by atoms with Gasteiger partial charge in [-0.3, -0.25) is 4.79 Å². The number of hydrogen-bond acceptors (Lipinski definition) is 3. The van der Waals surface area contributed by atoms with Crippen molar-refractivity contribution >= 4 is 17.5 Å². The Balaban J connectivity index is 2.15. The number of carbonyl (C=O) groups is 1. The fourth-order valence-corrected chi connectivity index (χ4v) is 3.35. The molecule has 0 bridgehead atoms. The van der Waals surface area contributed by atoms with Gasteiger partial charge in [0.25, 0.3) is 0 Å². The fraction of sp³-hybridized carbons (Fsp3) is 0.588. The summed E-state index contributed by atoms with van der Waals surface area (Å²) in [5.74, 6) is -0.652. The van der Waals surface area contributed by atoms with Crippen LogP contribution in [0.5, 0.6) is 0 Å². The van der Waals surface area contributed by atoms with E-state index in [1.54, 1.807) is 13.1 Å². The lowest BCUT2D eigenvalue weighted by Gasteiger charge is -2.58. The molecule has 1 fully saturated rings. The van der Waals surface area contributed by atoms with E-state index in [0.29, 0.717) is 23.6 Å². The Hall–Kier alpha value is -1.17. The molecule has 0 heterocycles. The Morgan fingerprint density at radius 3 is 2.70 bits per heavy atom. The normalized spacial score (nSPS) is 25.8. The second-order valence-corrected chi connectivity index (χ2v) is 7.11. The summed E-state index contributed by atoms with van der Waals surface area (Å²) in [6.45, 7) is 6.44. The summed E-state index contributed by atoms with van der Waals surface area (Å²) >= 11 is 6.03. The highest BCUT2D eigenvalue weighted by atomic mass is 35.5. The summed E-state index contributed by atoms with van der Waals surface area (Å²) in [5, 5.41) is 0.302. The lowest BCUT2D eigenvalue weighted by atomic mass is 9.54. The van der Waals surface area contributed by atoms with E-state index in [1.807, 2.05) is 20.8 Å². The van der Waals surface area contributed by atoms with E-state index >= 15 is 0 Å². The smallest absolute Gasteiger partial charge is 0.243 e. The van der Waals surface area contributed by atoms with Gasteiger partial charge in [0.1, 0.15) is 11.4 Å². The molecule has 0 spiro atoms. The van der Waals surface area contributed by atoms with Crippen LogP contribution < -0.4 is 5.73 Å². The molecule has 0 radical (unpaired) electrons. The number of amides is 1. The number of ether oxygens (including phenoxy) is 1. The van der Waals surface area contributed by atoms with Gasteiger partial charge in [0, 0.05) is 42.6 Å². The minimum Gasteiger partial charge on any atom is -0.378 e. The van der Waals surface area contributed by atoms with Gasteiger partial charge < -0.3 is 15.4 Å². The molecule has 0 aromatic heterocycles. The molecule has 1 amide bonds. The quantitative estimate of drug-likeness (QED) is 0.895. The zero-order valence-corrected chi connectivity index (χ0v) is 14.8. The van der Waals surface area contributed by atoms with E-state index in [1.165, 1.54) is 17.0 Å². The number of carbonyl (C=O) groups excluding carboxylic acids is 1. The van der Waals surface area contributed by atoms with E-state index in [4.69, 9.17) is 22.1 Å². The standard InChI is InChI=1S/C17H24ClFN2O2/c1-5-23-14-9-17(20,16(14,2)3)15(22)21(4)10-11-12(18)7-6-8-13(11)19/h6-8,14H,5,9-10,20H2,1-4H3. The van der Waals surface area contributed by atoms with Crippen LogP contribution in [0.4, 0.5) is 4.39 Å². The third-order valence-electron chi connectivity index (χ3n) is 5.02. The summed E-state index contributed by atoms with van der Waals surface area (Å²) in [4.78, 5) is 14.3. The van der Waals surface area contributed by atoms with E-state index in [-0.39, 0.29) is 18.6 Å². The van der Waals surface area contributed by atoms with Crippen molar-refractivity contribution in [1.29, 1.82) is 0 Å². The second kappa shape index (κ2) is 6.38. The Labute approximate surface area is 141 Å². The molecule has 1 aliphatic rings. The molecule has 6 heteroatoms. The first-order chi connectivity index (χ1) is 10.6. The van der Waals surface area contributed by atoms with Crippen molar-refractivity contribution < 1.29 is 13.9 Å². The number of rotatable bonds is 5. The first-order valence-electron chi connectivity index (χ1n) is 7.74. The number of hydrogen-bond donors (Lipinski definition) is 1. The molecule has 128 valence electrons. The summed E-state index contributed by atoms with van der Waals surface area (Å²) < 4.78 is 19.6. The Morgan fingerprint density at radius 1 is 1.52 bits per heavy atom. The maximum atomic E-state index is 13.9. The number of nitrogens with zero attached hydrogens (tertiary/aromatic N) is 1. The maximum absolute atomic E-state index is 13.9. The number of nitrogens with two attached hydrogens (primary N) is 1. The zero-order valence-electron chi connectivity index (χ0n) is 14.0. The number of halogens is 2. The maximum Gasteiger partial charge on any atom is 0.243 e. The van der Waals surface area contributed by atoms with Gasteiger partial charge in [-0.2, -0.15) is 0 Å². The number of likely N-dealkylation sites (N-methyl/N-ethyl adjacent to an activating group) is 1. The Kier molecular flexibility index (Phi) is 5.04. The molecule has 1 aromatic rings. The molecule has 2 rings (SSSR count). The van der Waals surface area contributed by atoms with Crippen molar-refractivity contribution in [2.75, 3.05) is 13.7 Å². The van der Waals surface area contributed by atoms with Crippen molar-refractivity contribution in [3.05, 3.63) is 34.6 Å². The van der Waals surface area contributed by atoms with Crippen LogP contribution in [0.3, 0.4) is 0 Å². The van der Waals surface area contributed by atoms with E-state index in [0.717, 1.165) is 0 Å². The first-order valence-corrected chi connectivity index (χ1v) is 8.12. The molecule has 1 aliphatic carbocycles. The predicted molar refractivity (Wildman–Crippen MR) is 88.6 cm³/mol. The van der Waals surface area contributed by atoms with Crippen molar-refractivity contribution in [3.8, 4) is 0 Å². The van der Waals surface area contributed by atoms with Gasteiger partial charge in [-0.1, -0.05) is 31.5 Å². The highest BCUT2D eigenvalue weighted by molar-refractivity contribution is 6.31. The topological polar surface area (TPSA) is 55.6 Å². The molecular formula is C17H24ClFN2O2. The van der Waals surface area contributed by atoms with E-state index in [2.05, 4.69) is 0 Å². The van der Waals surface area contributed by atoms with Crippen LogP contribution in [0.2, 0.25) is 5.02 Å². The zero-order chi connectivity index (χ0) is 17.4. The van der Waals surface area contributed by atoms with Gasteiger partial charge in [0.05, 0.1) is 6.10 Å². The molecule has 2 unspecified atom stereocenters. The highest BCUT2D eigenvalue weighted by Gasteiger charge is 2.63. The van der Waals surface area contributed by atoms with Crippen molar-refractivity contribution in [1.82, 2.24) is 4.90 Å². The molecule has 0 aliphatic heterocycles. The van der Waals surface area contributed by atoms with Crippen molar-refractivity contribution in [2.24, 2.45) is 11.1 Å². The van der Waals surface area contributed by atoms with Gasteiger partial charge in [-0.25, -0.2) is 4.39 Å². The Bertz CT molecular complexity index is 588. The highest BCUT2D eigenvalue weighted by Crippen LogP contribution is 2.50. The molecule has 2 N–H and O–H groups in total. The molecule has 2 atom stereocenters. The molecule has 1 aromatic carbocycles. The largest absolute Gasteiger partial charge is 0.378 e. The minimum atomic E-state index is -1.01. The molecular weight excluding hydrogens is 319 g/mol. The average molecular weight is 343 g/mol. The van der Waals surface area contributed by atoms with Gasteiger partial charge in [-0.15, -0.1) is 0 Å². The van der Waals surface area contributed by atoms with E-state index in [9.17, 15) is 9.18 Å². The van der Waals surface area contributed by atoms with Crippen molar-refractivity contribution in [3.63, 3.8) is 0 Å². The fourth-order valence-electron chi connectivity index (χ4n) is 3.13. The van der Waals surface area contributed by atoms with Gasteiger partial charge in [-0.05, 0) is 19.1 Å². The molecule has 0 saturated heterocycles. The van der Waals surface area contributed by atoms with Crippen LogP contribution in [-0.2, 0) is 16.1 Å². The predicted octanol–water partition coefficient (Wildman–Crippen LogP) is 2.97. The average Bonchev–Trinajstić information content (AvgIpc) is 2.49. The number of benzene rings is 1. The summed E-state index contributed by atoms with van der Waals surface area (Å²) in [7, 11) is 1.61. The van der Waals surface area contributed by atoms with E-state index < -0.39 is 16.8 Å².